The number of amides is 2. The monoisotopic (exact) mass is 472 g/mol. The largest absolute Gasteiger partial charge is 0.508 e. The molecule has 0 saturated carbocycles. The number of nitrogens with one attached hydrogen (secondary N) is 2. The lowest BCUT2D eigenvalue weighted by Gasteiger charge is -2.30. The van der Waals surface area contributed by atoms with Crippen LogP contribution in [0.15, 0.2) is 78.9 Å². The molecule has 1 heterocycles. The van der Waals surface area contributed by atoms with E-state index in [1.165, 1.54) is 12.1 Å². The predicted octanol–water partition coefficient (Wildman–Crippen LogP) is 3.26. The Bertz CT molecular complexity index is 1230. The smallest absolute Gasteiger partial charge is 0.252 e. The van der Waals surface area contributed by atoms with Crippen molar-refractivity contribution in [2.24, 2.45) is 0 Å². The summed E-state index contributed by atoms with van der Waals surface area (Å²) in [6, 6.07) is 22.2. The fourth-order valence-electron chi connectivity index (χ4n) is 4.12. The van der Waals surface area contributed by atoms with Crippen LogP contribution >= 0.6 is 0 Å². The van der Waals surface area contributed by atoms with Crippen molar-refractivity contribution >= 4 is 17.6 Å². The van der Waals surface area contributed by atoms with Gasteiger partial charge in [-0.1, -0.05) is 60.7 Å². The zero-order valence-electron chi connectivity index (χ0n) is 19.7. The first-order valence-corrected chi connectivity index (χ1v) is 11.5. The quantitative estimate of drug-likeness (QED) is 0.490. The maximum atomic E-state index is 13.4. The molecule has 1 fully saturated rings. The number of hydrogen-bond donors (Lipinski definition) is 3. The second-order valence-corrected chi connectivity index (χ2v) is 8.88. The number of phenolic OH excluding ortho intramolecular Hbond substituents is 1. The molecule has 0 aromatic heterocycles. The molecule has 3 aromatic rings. The van der Waals surface area contributed by atoms with Crippen molar-refractivity contribution in [1.29, 1.82) is 0 Å². The Kier molecular flexibility index (Phi) is 6.98. The lowest BCUT2D eigenvalue weighted by molar-refractivity contribution is -0.130. The third-order valence-corrected chi connectivity index (χ3v) is 6.49. The molecular weight excluding hydrogens is 444 g/mol. The molecule has 3 N–H and O–H groups in total. The number of ether oxygens (including phenoxy) is 1. The highest BCUT2D eigenvalue weighted by atomic mass is 16.5. The fourth-order valence-corrected chi connectivity index (χ4v) is 4.12. The first-order valence-electron chi connectivity index (χ1n) is 11.5. The second kappa shape index (κ2) is 10.1. The zero-order chi connectivity index (χ0) is 25.0. The van der Waals surface area contributed by atoms with Gasteiger partial charge in [0.2, 0.25) is 5.91 Å². The van der Waals surface area contributed by atoms with Crippen LogP contribution in [0.4, 0.5) is 0 Å². The fraction of sp³-hybridized carbons (Fsp3) is 0.250. The van der Waals surface area contributed by atoms with Crippen LogP contribution in [0.2, 0.25) is 0 Å². The maximum absolute atomic E-state index is 13.4. The SMILES string of the molecule is CC1OCC(=O)C1(C)NC(=O)C(Cc1ccc(O)cc1)NC(=O)c1ccccc1-c1ccccc1. The van der Waals surface area contributed by atoms with Crippen LogP contribution in [0.1, 0.15) is 29.8 Å². The minimum absolute atomic E-state index is 0.0720. The number of benzene rings is 3. The van der Waals surface area contributed by atoms with Crippen molar-refractivity contribution in [3.63, 3.8) is 0 Å². The second-order valence-electron chi connectivity index (χ2n) is 8.88. The van der Waals surface area contributed by atoms with E-state index in [0.717, 1.165) is 16.7 Å². The lowest BCUT2D eigenvalue weighted by Crippen LogP contribution is -2.60. The number of ketones is 1. The summed E-state index contributed by atoms with van der Waals surface area (Å²) < 4.78 is 5.43. The van der Waals surface area contributed by atoms with Crippen molar-refractivity contribution in [2.45, 2.75) is 38.0 Å². The summed E-state index contributed by atoms with van der Waals surface area (Å²) >= 11 is 0. The van der Waals surface area contributed by atoms with Crippen LogP contribution in [-0.2, 0) is 20.7 Å². The molecular formula is C28H28N2O5. The number of Topliss-reactive ketones (excluding diaryl/α,β-unsaturated/α-hetero) is 1. The van der Waals surface area contributed by atoms with Gasteiger partial charge in [-0.3, -0.25) is 14.4 Å². The van der Waals surface area contributed by atoms with Crippen LogP contribution in [0.5, 0.6) is 5.75 Å². The minimum Gasteiger partial charge on any atom is -0.508 e. The van der Waals surface area contributed by atoms with Crippen LogP contribution in [0.3, 0.4) is 0 Å². The van der Waals surface area contributed by atoms with Gasteiger partial charge in [-0.2, -0.15) is 0 Å². The van der Waals surface area contributed by atoms with E-state index in [1.54, 1.807) is 38.1 Å². The van der Waals surface area contributed by atoms with Gasteiger partial charge in [0.15, 0.2) is 5.78 Å². The van der Waals surface area contributed by atoms with Gasteiger partial charge in [-0.15, -0.1) is 0 Å². The topological polar surface area (TPSA) is 105 Å². The summed E-state index contributed by atoms with van der Waals surface area (Å²) in [7, 11) is 0. The Balaban J connectivity index is 1.62. The Morgan fingerprint density at radius 1 is 1.03 bits per heavy atom. The molecule has 0 aliphatic carbocycles. The van der Waals surface area contributed by atoms with Crippen LogP contribution in [-0.4, -0.2) is 47.0 Å². The van der Waals surface area contributed by atoms with E-state index in [2.05, 4.69) is 10.6 Å². The van der Waals surface area contributed by atoms with Gasteiger partial charge in [0.25, 0.3) is 5.91 Å². The molecule has 2 amide bonds. The Morgan fingerprint density at radius 3 is 2.34 bits per heavy atom. The number of carbonyl (C=O) groups excluding carboxylic acids is 3. The van der Waals surface area contributed by atoms with Gasteiger partial charge in [0.1, 0.15) is 23.9 Å². The van der Waals surface area contributed by atoms with E-state index >= 15 is 0 Å². The summed E-state index contributed by atoms with van der Waals surface area (Å²) in [5.74, 6) is -1.01. The molecule has 0 spiro atoms. The van der Waals surface area contributed by atoms with Gasteiger partial charge >= 0.3 is 0 Å². The van der Waals surface area contributed by atoms with Crippen molar-refractivity contribution < 1.29 is 24.2 Å². The normalized spacial score (nSPS) is 20.3. The molecule has 0 radical (unpaired) electrons. The number of carbonyl (C=O) groups is 3. The molecule has 35 heavy (non-hydrogen) atoms. The maximum Gasteiger partial charge on any atom is 0.252 e. The van der Waals surface area contributed by atoms with Gasteiger partial charge in [0, 0.05) is 12.0 Å². The van der Waals surface area contributed by atoms with E-state index in [0.29, 0.717) is 5.56 Å². The zero-order valence-corrected chi connectivity index (χ0v) is 19.7. The molecule has 7 heteroatoms. The van der Waals surface area contributed by atoms with Crippen LogP contribution < -0.4 is 10.6 Å². The Labute approximate surface area is 204 Å². The first kappa shape index (κ1) is 24.2. The van der Waals surface area contributed by atoms with E-state index in [1.807, 2.05) is 42.5 Å². The highest BCUT2D eigenvalue weighted by Gasteiger charge is 2.47. The molecule has 1 aliphatic rings. The molecule has 4 rings (SSSR count). The number of aromatic hydroxyl groups is 1. The van der Waals surface area contributed by atoms with E-state index in [-0.39, 0.29) is 24.6 Å². The highest BCUT2D eigenvalue weighted by molar-refractivity contribution is 6.03. The van der Waals surface area contributed by atoms with E-state index in [4.69, 9.17) is 4.74 Å². The predicted molar refractivity (Wildman–Crippen MR) is 132 cm³/mol. The molecule has 3 atom stereocenters. The summed E-state index contributed by atoms with van der Waals surface area (Å²) in [4.78, 5) is 39.3. The van der Waals surface area contributed by atoms with Gasteiger partial charge < -0.3 is 20.5 Å². The highest BCUT2D eigenvalue weighted by Crippen LogP contribution is 2.25. The van der Waals surface area contributed by atoms with Crippen molar-refractivity contribution in [3.8, 4) is 16.9 Å². The Morgan fingerprint density at radius 2 is 1.69 bits per heavy atom. The first-order chi connectivity index (χ1) is 16.8. The molecule has 180 valence electrons. The average Bonchev–Trinajstić information content (AvgIpc) is 3.12. The van der Waals surface area contributed by atoms with Gasteiger partial charge in [-0.05, 0) is 48.7 Å². The average molecular weight is 473 g/mol. The van der Waals surface area contributed by atoms with E-state index < -0.39 is 29.5 Å². The Hall–Kier alpha value is -3.97. The van der Waals surface area contributed by atoms with Crippen molar-refractivity contribution in [2.75, 3.05) is 6.61 Å². The van der Waals surface area contributed by atoms with Gasteiger partial charge in [-0.25, -0.2) is 0 Å². The summed E-state index contributed by atoms with van der Waals surface area (Å²) in [5.41, 5.74) is 1.62. The third kappa shape index (κ3) is 5.25. The summed E-state index contributed by atoms with van der Waals surface area (Å²) in [5, 5.41) is 15.3. The molecule has 0 bridgehead atoms. The molecule has 3 aromatic carbocycles. The molecule has 1 aliphatic heterocycles. The summed E-state index contributed by atoms with van der Waals surface area (Å²) in [6.07, 6.45) is -0.326. The number of hydrogen-bond acceptors (Lipinski definition) is 5. The van der Waals surface area contributed by atoms with Crippen LogP contribution in [0.25, 0.3) is 11.1 Å². The molecule has 3 unspecified atom stereocenters. The van der Waals surface area contributed by atoms with Crippen molar-refractivity contribution in [3.05, 3.63) is 90.0 Å². The third-order valence-electron chi connectivity index (χ3n) is 6.49. The molecule has 7 nitrogen and oxygen atoms in total. The molecule has 1 saturated heterocycles. The lowest BCUT2D eigenvalue weighted by atomic mass is 9.92. The summed E-state index contributed by atoms with van der Waals surface area (Å²) in [6.45, 7) is 3.29. The van der Waals surface area contributed by atoms with Gasteiger partial charge in [0.05, 0.1) is 6.10 Å². The van der Waals surface area contributed by atoms with E-state index in [9.17, 15) is 19.5 Å². The minimum atomic E-state index is -1.18. The van der Waals surface area contributed by atoms with Crippen LogP contribution in [0, 0.1) is 0 Å². The number of rotatable bonds is 7. The standard InChI is InChI=1S/C28H28N2O5/c1-18-28(2,25(32)17-35-18)30-27(34)24(16-19-12-14-21(31)15-13-19)29-26(33)23-11-7-6-10-22(23)20-8-4-3-5-9-20/h3-15,18,24,31H,16-17H2,1-2H3,(H,29,33)(H,30,34). The number of phenols is 1. The van der Waals surface area contributed by atoms with Crippen molar-refractivity contribution in [1.82, 2.24) is 10.6 Å².